The fourth-order valence-corrected chi connectivity index (χ4v) is 5.02. The van der Waals surface area contributed by atoms with Gasteiger partial charge >= 0.3 is 0 Å². The molecule has 2 aliphatic carbocycles. The molecule has 2 heterocycles. The Balaban J connectivity index is 1.47. The van der Waals surface area contributed by atoms with Gasteiger partial charge in [-0.2, -0.15) is 0 Å². The molecule has 0 bridgehead atoms. The zero-order valence-electron chi connectivity index (χ0n) is 13.6. The highest BCUT2D eigenvalue weighted by Crippen LogP contribution is 2.71. The maximum absolute atomic E-state index is 10.6. The smallest absolute Gasteiger partial charge is 0.161 e. The van der Waals surface area contributed by atoms with Gasteiger partial charge in [-0.1, -0.05) is 6.07 Å². The number of nitrogens with zero attached hydrogens (tertiary/aromatic N) is 1. The Hall–Kier alpha value is -1.26. The number of ether oxygens (including phenoxy) is 2. The molecule has 1 aromatic carbocycles. The number of hydrogen-bond acceptors (Lipinski definition) is 4. The van der Waals surface area contributed by atoms with Crippen molar-refractivity contribution in [3.63, 3.8) is 0 Å². The molecule has 0 spiro atoms. The normalized spacial score (nSPS) is 34.4. The van der Waals surface area contributed by atoms with Gasteiger partial charge in [-0.3, -0.25) is 0 Å². The van der Waals surface area contributed by atoms with Crippen molar-refractivity contribution in [3.8, 4) is 11.5 Å². The van der Waals surface area contributed by atoms with Crippen LogP contribution in [0, 0.1) is 5.41 Å². The van der Waals surface area contributed by atoms with Crippen LogP contribution in [0.15, 0.2) is 18.2 Å². The standard InChI is InChI=1S/C19H25NO3/c21-17-12-19(17,18(5-6-18)13-20-7-1-2-8-20)14-3-4-15-16(11-14)23-10-9-22-15/h3-4,11,17,21H,1-2,5-10,12-13H2. The minimum atomic E-state index is -0.199. The fourth-order valence-electron chi connectivity index (χ4n) is 5.02. The molecule has 4 aliphatic rings. The van der Waals surface area contributed by atoms with Gasteiger partial charge in [-0.25, -0.2) is 0 Å². The van der Waals surface area contributed by atoms with Gasteiger partial charge in [0.05, 0.1) is 6.10 Å². The number of benzene rings is 1. The van der Waals surface area contributed by atoms with E-state index in [1.807, 2.05) is 6.07 Å². The first-order chi connectivity index (χ1) is 11.2. The number of likely N-dealkylation sites (tertiary alicyclic amines) is 1. The van der Waals surface area contributed by atoms with Crippen molar-refractivity contribution in [2.24, 2.45) is 5.41 Å². The second-order valence-corrected chi connectivity index (χ2v) is 7.81. The van der Waals surface area contributed by atoms with Gasteiger partial charge in [0.25, 0.3) is 0 Å². The van der Waals surface area contributed by atoms with Crippen molar-refractivity contribution in [2.75, 3.05) is 32.8 Å². The van der Waals surface area contributed by atoms with E-state index in [1.165, 1.54) is 44.3 Å². The predicted octanol–water partition coefficient (Wildman–Crippen LogP) is 2.34. The van der Waals surface area contributed by atoms with Crippen LogP contribution in [0.1, 0.15) is 37.7 Å². The van der Waals surface area contributed by atoms with E-state index in [4.69, 9.17) is 9.47 Å². The summed E-state index contributed by atoms with van der Waals surface area (Å²) in [5, 5.41) is 10.6. The van der Waals surface area contributed by atoms with E-state index in [0.29, 0.717) is 13.2 Å². The van der Waals surface area contributed by atoms with E-state index in [9.17, 15) is 5.11 Å². The number of aliphatic hydroxyl groups is 1. The predicted molar refractivity (Wildman–Crippen MR) is 87.1 cm³/mol. The van der Waals surface area contributed by atoms with Crippen molar-refractivity contribution >= 4 is 0 Å². The topological polar surface area (TPSA) is 41.9 Å². The van der Waals surface area contributed by atoms with Gasteiger partial charge in [0.2, 0.25) is 0 Å². The third kappa shape index (κ3) is 2.04. The van der Waals surface area contributed by atoms with Crippen molar-refractivity contribution in [1.29, 1.82) is 0 Å². The Morgan fingerprint density at radius 1 is 1.09 bits per heavy atom. The molecule has 2 aliphatic heterocycles. The van der Waals surface area contributed by atoms with Crippen molar-refractivity contribution < 1.29 is 14.6 Å². The fraction of sp³-hybridized carbons (Fsp3) is 0.684. The average Bonchev–Trinajstić information content (AvgIpc) is 3.43. The molecule has 2 saturated carbocycles. The van der Waals surface area contributed by atoms with Gasteiger partial charge in [0.15, 0.2) is 11.5 Å². The summed E-state index contributed by atoms with van der Waals surface area (Å²) in [6, 6.07) is 6.32. The van der Waals surface area contributed by atoms with Crippen LogP contribution in [-0.2, 0) is 5.41 Å². The van der Waals surface area contributed by atoms with E-state index >= 15 is 0 Å². The minimum Gasteiger partial charge on any atom is -0.486 e. The lowest BCUT2D eigenvalue weighted by Gasteiger charge is -2.32. The highest BCUT2D eigenvalue weighted by atomic mass is 16.6. The quantitative estimate of drug-likeness (QED) is 0.926. The number of rotatable bonds is 4. The lowest BCUT2D eigenvalue weighted by atomic mass is 9.78. The van der Waals surface area contributed by atoms with Crippen LogP contribution in [0.3, 0.4) is 0 Å². The molecule has 4 nitrogen and oxygen atoms in total. The maximum atomic E-state index is 10.6. The molecule has 1 saturated heterocycles. The molecule has 2 atom stereocenters. The molecule has 3 fully saturated rings. The number of aliphatic hydroxyl groups excluding tert-OH is 1. The zero-order chi connectivity index (χ0) is 15.5. The van der Waals surface area contributed by atoms with E-state index in [2.05, 4.69) is 17.0 Å². The summed E-state index contributed by atoms with van der Waals surface area (Å²) in [6.07, 6.45) is 5.85. The highest BCUT2D eigenvalue weighted by molar-refractivity contribution is 5.51. The molecule has 2 unspecified atom stereocenters. The van der Waals surface area contributed by atoms with Gasteiger partial charge < -0.3 is 19.5 Å². The largest absolute Gasteiger partial charge is 0.486 e. The molecule has 0 aromatic heterocycles. The molecular weight excluding hydrogens is 290 g/mol. The molecule has 4 heteroatoms. The Labute approximate surface area is 137 Å². The Bertz CT molecular complexity index is 621. The third-order valence-electron chi connectivity index (χ3n) is 6.51. The number of fused-ring (bicyclic) bond motifs is 1. The number of hydrogen-bond donors (Lipinski definition) is 1. The van der Waals surface area contributed by atoms with E-state index in [0.717, 1.165) is 24.5 Å². The SMILES string of the molecule is OC1CC1(c1ccc2c(c1)OCCO2)C1(CN2CCCC2)CC1. The monoisotopic (exact) mass is 315 g/mol. The van der Waals surface area contributed by atoms with Crippen LogP contribution < -0.4 is 9.47 Å². The van der Waals surface area contributed by atoms with Gasteiger partial charge in [-0.15, -0.1) is 0 Å². The summed E-state index contributed by atoms with van der Waals surface area (Å²) in [6.45, 7) is 4.85. The first-order valence-corrected chi connectivity index (χ1v) is 9.04. The Morgan fingerprint density at radius 2 is 1.78 bits per heavy atom. The minimum absolute atomic E-state index is 0.0502. The van der Waals surface area contributed by atoms with Gasteiger partial charge in [-0.05, 0) is 68.3 Å². The van der Waals surface area contributed by atoms with E-state index < -0.39 is 0 Å². The van der Waals surface area contributed by atoms with Crippen LogP contribution in [0.4, 0.5) is 0 Å². The Morgan fingerprint density at radius 3 is 2.43 bits per heavy atom. The summed E-state index contributed by atoms with van der Waals surface area (Å²) in [5.41, 5.74) is 1.48. The lowest BCUT2D eigenvalue weighted by molar-refractivity contribution is 0.163. The molecule has 5 rings (SSSR count). The first-order valence-electron chi connectivity index (χ1n) is 9.04. The van der Waals surface area contributed by atoms with Gasteiger partial charge in [0.1, 0.15) is 13.2 Å². The van der Waals surface area contributed by atoms with Crippen LogP contribution in [0.5, 0.6) is 11.5 Å². The Kier molecular flexibility index (Phi) is 2.99. The van der Waals surface area contributed by atoms with Crippen LogP contribution in [-0.4, -0.2) is 49.0 Å². The second kappa shape index (κ2) is 4.87. The second-order valence-electron chi connectivity index (χ2n) is 7.81. The first kappa shape index (κ1) is 14.1. The maximum Gasteiger partial charge on any atom is 0.161 e. The molecular formula is C19H25NO3. The summed E-state index contributed by atoms with van der Waals surface area (Å²) >= 11 is 0. The summed E-state index contributed by atoms with van der Waals surface area (Å²) < 4.78 is 11.4. The van der Waals surface area contributed by atoms with Crippen molar-refractivity contribution in [2.45, 2.75) is 43.6 Å². The summed E-state index contributed by atoms with van der Waals surface area (Å²) in [7, 11) is 0. The van der Waals surface area contributed by atoms with Gasteiger partial charge in [0, 0.05) is 12.0 Å². The van der Waals surface area contributed by atoms with Crippen molar-refractivity contribution in [3.05, 3.63) is 23.8 Å². The summed E-state index contributed by atoms with van der Waals surface area (Å²) in [4.78, 5) is 2.61. The van der Waals surface area contributed by atoms with E-state index in [-0.39, 0.29) is 16.9 Å². The van der Waals surface area contributed by atoms with Crippen LogP contribution in [0.2, 0.25) is 0 Å². The van der Waals surface area contributed by atoms with Crippen molar-refractivity contribution in [1.82, 2.24) is 4.90 Å². The van der Waals surface area contributed by atoms with E-state index in [1.54, 1.807) is 0 Å². The molecule has 1 aromatic rings. The average molecular weight is 315 g/mol. The molecule has 23 heavy (non-hydrogen) atoms. The third-order valence-corrected chi connectivity index (χ3v) is 6.51. The highest BCUT2D eigenvalue weighted by Gasteiger charge is 2.71. The zero-order valence-corrected chi connectivity index (χ0v) is 13.6. The molecule has 0 amide bonds. The van der Waals surface area contributed by atoms with Crippen LogP contribution >= 0.6 is 0 Å². The molecule has 124 valence electrons. The summed E-state index contributed by atoms with van der Waals surface area (Å²) in [5.74, 6) is 1.69. The van der Waals surface area contributed by atoms with Crippen LogP contribution in [0.25, 0.3) is 0 Å². The molecule has 1 N–H and O–H groups in total. The molecule has 0 radical (unpaired) electrons. The lowest BCUT2D eigenvalue weighted by Crippen LogP contribution is -2.37.